The molecule has 0 radical (unpaired) electrons. The topological polar surface area (TPSA) is 17.1 Å². The van der Waals surface area contributed by atoms with E-state index in [1.54, 1.807) is 0 Å². The molecule has 1 heteroatoms. The smallest absolute Gasteiger partial charge is 0.167 e. The van der Waals surface area contributed by atoms with Crippen LogP contribution in [-0.2, 0) is 0 Å². The van der Waals surface area contributed by atoms with Gasteiger partial charge in [0.25, 0.3) is 0 Å². The van der Waals surface area contributed by atoms with Crippen LogP contribution >= 0.6 is 0 Å². The highest BCUT2D eigenvalue weighted by Crippen LogP contribution is 2.57. The molecule has 0 heterocycles. The summed E-state index contributed by atoms with van der Waals surface area (Å²) >= 11 is 0. The van der Waals surface area contributed by atoms with E-state index in [0.717, 1.165) is 17.4 Å². The van der Waals surface area contributed by atoms with Gasteiger partial charge >= 0.3 is 0 Å². The summed E-state index contributed by atoms with van der Waals surface area (Å²) in [5.41, 5.74) is 4.68. The Labute approximate surface area is 128 Å². The largest absolute Gasteiger partial charge is 0.294 e. The minimum Gasteiger partial charge on any atom is -0.294 e. The summed E-state index contributed by atoms with van der Waals surface area (Å²) in [7, 11) is 0. The molecule has 0 saturated heterocycles. The molecular weight excluding hydrogens is 256 g/mol. The Bertz CT molecular complexity index is 547. The first-order valence-electron chi connectivity index (χ1n) is 8.65. The van der Waals surface area contributed by atoms with Gasteiger partial charge in [-0.1, -0.05) is 17.7 Å². The molecule has 1 nitrogen and oxygen atoms in total. The molecule has 0 aliphatic heterocycles. The van der Waals surface area contributed by atoms with Crippen molar-refractivity contribution in [2.45, 2.75) is 52.9 Å². The Kier molecular flexibility index (Phi) is 3.03. The Morgan fingerprint density at radius 2 is 1.33 bits per heavy atom. The maximum atomic E-state index is 13.3. The molecule has 21 heavy (non-hydrogen) atoms. The van der Waals surface area contributed by atoms with Gasteiger partial charge in [-0.25, -0.2) is 0 Å². The highest BCUT2D eigenvalue weighted by molar-refractivity contribution is 6.01. The summed E-state index contributed by atoms with van der Waals surface area (Å²) in [5.74, 6) is 4.06. The van der Waals surface area contributed by atoms with Gasteiger partial charge in [-0.15, -0.1) is 0 Å². The van der Waals surface area contributed by atoms with E-state index in [4.69, 9.17) is 0 Å². The lowest BCUT2D eigenvalue weighted by Crippen LogP contribution is -2.48. The summed E-state index contributed by atoms with van der Waals surface area (Å²) in [4.78, 5) is 13.3. The van der Waals surface area contributed by atoms with E-state index in [9.17, 15) is 4.79 Å². The average Bonchev–Trinajstić information content (AvgIpc) is 2.35. The van der Waals surface area contributed by atoms with E-state index >= 15 is 0 Å². The fraction of sp³-hybridized carbons (Fsp3) is 0.650. The van der Waals surface area contributed by atoms with Gasteiger partial charge in [-0.2, -0.15) is 0 Å². The van der Waals surface area contributed by atoms with Gasteiger partial charge in [0.1, 0.15) is 0 Å². The third-order valence-corrected chi connectivity index (χ3v) is 6.45. The number of hydrogen-bond donors (Lipinski definition) is 0. The molecular formula is C20H26O. The number of Topliss-reactive ketones (excluding diaryl/α,β-unsaturated/α-hetero) is 1. The number of hydrogen-bond acceptors (Lipinski definition) is 1. The van der Waals surface area contributed by atoms with Crippen molar-refractivity contribution in [3.8, 4) is 0 Å². The molecule has 4 saturated carbocycles. The van der Waals surface area contributed by atoms with Crippen LogP contribution in [0.25, 0.3) is 0 Å². The summed E-state index contributed by atoms with van der Waals surface area (Å²) in [6, 6.07) is 4.35. The Balaban J connectivity index is 1.69. The monoisotopic (exact) mass is 282 g/mol. The number of benzene rings is 1. The lowest BCUT2D eigenvalue weighted by molar-refractivity contribution is -0.0251. The molecule has 0 atom stereocenters. The van der Waals surface area contributed by atoms with Crippen molar-refractivity contribution in [3.63, 3.8) is 0 Å². The van der Waals surface area contributed by atoms with Gasteiger partial charge in [-0.3, -0.25) is 4.79 Å². The molecule has 0 spiro atoms. The second-order valence-electron chi connectivity index (χ2n) is 8.09. The minimum atomic E-state index is 0.331. The quantitative estimate of drug-likeness (QED) is 0.707. The number of rotatable bonds is 2. The fourth-order valence-corrected chi connectivity index (χ4v) is 6.09. The van der Waals surface area contributed by atoms with Gasteiger partial charge in [0.05, 0.1) is 0 Å². The van der Waals surface area contributed by atoms with Crippen LogP contribution in [0.5, 0.6) is 0 Å². The average molecular weight is 282 g/mol. The lowest BCUT2D eigenvalue weighted by atomic mass is 9.50. The van der Waals surface area contributed by atoms with Crippen molar-refractivity contribution in [3.05, 3.63) is 34.4 Å². The molecule has 5 rings (SSSR count). The molecule has 4 aliphatic rings. The van der Waals surface area contributed by atoms with Crippen LogP contribution in [0, 0.1) is 50.4 Å². The van der Waals surface area contributed by atoms with Crippen molar-refractivity contribution in [1.82, 2.24) is 0 Å². The molecule has 0 unspecified atom stereocenters. The van der Waals surface area contributed by atoms with Crippen LogP contribution < -0.4 is 0 Å². The van der Waals surface area contributed by atoms with Crippen LogP contribution in [0.15, 0.2) is 12.1 Å². The number of aryl methyl sites for hydroxylation is 3. The standard InChI is InChI=1S/C20H26O/c1-11-4-12(2)18(13(3)5-11)20(21)19-16-7-14-6-15(9-16)10-17(19)8-14/h4-5,14-17,19H,6-10H2,1-3H3. The normalized spacial score (nSPS) is 37.0. The van der Waals surface area contributed by atoms with Crippen molar-refractivity contribution in [2.24, 2.45) is 29.6 Å². The molecule has 4 fully saturated rings. The van der Waals surface area contributed by atoms with E-state index in [0.29, 0.717) is 23.5 Å². The van der Waals surface area contributed by atoms with Crippen LogP contribution in [0.2, 0.25) is 0 Å². The third kappa shape index (κ3) is 2.08. The summed E-state index contributed by atoms with van der Waals surface area (Å²) < 4.78 is 0. The number of carbonyl (C=O) groups excluding carboxylic acids is 1. The van der Waals surface area contributed by atoms with Crippen LogP contribution in [0.4, 0.5) is 0 Å². The minimum absolute atomic E-state index is 0.331. The number of carbonyl (C=O) groups is 1. The van der Waals surface area contributed by atoms with Crippen molar-refractivity contribution in [2.75, 3.05) is 0 Å². The van der Waals surface area contributed by atoms with Gasteiger partial charge in [0.15, 0.2) is 5.78 Å². The molecule has 4 bridgehead atoms. The summed E-state index contributed by atoms with van der Waals surface area (Å²) in [5, 5.41) is 0. The molecule has 0 aromatic heterocycles. The van der Waals surface area contributed by atoms with E-state index in [2.05, 4.69) is 32.9 Å². The summed E-state index contributed by atoms with van der Waals surface area (Å²) in [6.07, 6.45) is 6.76. The Morgan fingerprint density at radius 1 is 0.857 bits per heavy atom. The van der Waals surface area contributed by atoms with Gasteiger partial charge in [0.2, 0.25) is 0 Å². The number of ketones is 1. The molecule has 1 aromatic rings. The maximum Gasteiger partial charge on any atom is 0.167 e. The molecule has 0 N–H and O–H groups in total. The second kappa shape index (κ2) is 4.69. The fourth-order valence-electron chi connectivity index (χ4n) is 6.09. The first kappa shape index (κ1) is 13.5. The van der Waals surface area contributed by atoms with Crippen LogP contribution in [0.1, 0.15) is 59.2 Å². The molecule has 112 valence electrons. The second-order valence-corrected chi connectivity index (χ2v) is 8.09. The van der Waals surface area contributed by atoms with Crippen molar-refractivity contribution >= 4 is 5.78 Å². The molecule has 1 aromatic carbocycles. The first-order chi connectivity index (χ1) is 10.0. The van der Waals surface area contributed by atoms with E-state index in [1.807, 2.05) is 0 Å². The predicted octanol–water partition coefficient (Wildman–Crippen LogP) is 4.87. The zero-order chi connectivity index (χ0) is 14.7. The SMILES string of the molecule is Cc1cc(C)c(C(=O)C2C3CC4CC(C3)CC2C4)c(C)c1. The van der Waals surface area contributed by atoms with Gasteiger partial charge < -0.3 is 0 Å². The molecule has 0 amide bonds. The molecule has 4 aliphatic carbocycles. The van der Waals surface area contributed by atoms with Crippen molar-refractivity contribution < 1.29 is 4.79 Å². The van der Waals surface area contributed by atoms with Crippen LogP contribution in [-0.4, -0.2) is 5.78 Å². The third-order valence-electron chi connectivity index (χ3n) is 6.45. The Hall–Kier alpha value is -1.11. The predicted molar refractivity (Wildman–Crippen MR) is 85.5 cm³/mol. The zero-order valence-electron chi connectivity index (χ0n) is 13.5. The van der Waals surface area contributed by atoms with Gasteiger partial charge in [0, 0.05) is 11.5 Å². The lowest BCUT2D eigenvalue weighted by Gasteiger charge is -2.54. The van der Waals surface area contributed by atoms with Crippen LogP contribution in [0.3, 0.4) is 0 Å². The highest BCUT2D eigenvalue weighted by atomic mass is 16.1. The van der Waals surface area contributed by atoms with E-state index < -0.39 is 0 Å². The van der Waals surface area contributed by atoms with Crippen molar-refractivity contribution in [1.29, 1.82) is 0 Å². The first-order valence-corrected chi connectivity index (χ1v) is 8.65. The maximum absolute atomic E-state index is 13.3. The van der Waals surface area contributed by atoms with Gasteiger partial charge in [-0.05, 0) is 87.7 Å². The highest BCUT2D eigenvalue weighted by Gasteiger charge is 2.50. The van der Waals surface area contributed by atoms with E-state index in [-0.39, 0.29) is 0 Å². The van der Waals surface area contributed by atoms with E-state index in [1.165, 1.54) is 48.8 Å². The zero-order valence-corrected chi connectivity index (χ0v) is 13.5. The Morgan fingerprint density at radius 3 is 1.81 bits per heavy atom. The summed E-state index contributed by atoms with van der Waals surface area (Å²) in [6.45, 7) is 6.35.